The maximum absolute atomic E-state index is 11.3. The number of hydrogen-bond donors (Lipinski definition) is 2. The average Bonchev–Trinajstić information content (AvgIpc) is 2.45. The van der Waals surface area contributed by atoms with E-state index in [1.165, 1.54) is 0 Å². The van der Waals surface area contributed by atoms with Crippen molar-refractivity contribution >= 4 is 5.91 Å². The summed E-state index contributed by atoms with van der Waals surface area (Å²) in [6.07, 6.45) is 0.472. The first-order valence-electron chi connectivity index (χ1n) is 6.21. The SMILES string of the molecule is CCC(O)c1ccc(OCC(=O)NCCC#N)cc1. The number of hydrogen-bond acceptors (Lipinski definition) is 4. The highest BCUT2D eigenvalue weighted by Gasteiger charge is 2.05. The molecule has 0 aromatic heterocycles. The normalized spacial score (nSPS) is 11.4. The van der Waals surface area contributed by atoms with Crippen LogP contribution >= 0.6 is 0 Å². The third-order valence-electron chi connectivity index (χ3n) is 2.58. The monoisotopic (exact) mass is 262 g/mol. The predicted molar refractivity (Wildman–Crippen MR) is 70.4 cm³/mol. The molecule has 0 saturated heterocycles. The van der Waals surface area contributed by atoms with Crippen molar-refractivity contribution in [1.29, 1.82) is 5.26 Å². The number of amides is 1. The first-order valence-corrected chi connectivity index (χ1v) is 6.21. The minimum Gasteiger partial charge on any atom is -0.484 e. The minimum atomic E-state index is -0.469. The number of nitriles is 1. The van der Waals surface area contributed by atoms with Crippen LogP contribution in [0.2, 0.25) is 0 Å². The van der Waals surface area contributed by atoms with E-state index in [0.717, 1.165) is 5.56 Å². The molecule has 0 spiro atoms. The molecule has 1 rings (SSSR count). The lowest BCUT2D eigenvalue weighted by Gasteiger charge is -2.10. The van der Waals surface area contributed by atoms with Crippen LogP contribution in [0, 0.1) is 11.3 Å². The van der Waals surface area contributed by atoms with Crippen molar-refractivity contribution in [3.8, 4) is 11.8 Å². The van der Waals surface area contributed by atoms with Gasteiger partial charge in [0.05, 0.1) is 18.6 Å². The van der Waals surface area contributed by atoms with Gasteiger partial charge in [-0.3, -0.25) is 4.79 Å². The van der Waals surface area contributed by atoms with Crippen LogP contribution in [0.3, 0.4) is 0 Å². The van der Waals surface area contributed by atoms with Gasteiger partial charge < -0.3 is 15.2 Å². The number of nitrogens with zero attached hydrogens (tertiary/aromatic N) is 1. The molecule has 0 heterocycles. The summed E-state index contributed by atoms with van der Waals surface area (Å²) in [5.41, 5.74) is 0.827. The van der Waals surface area contributed by atoms with Crippen LogP contribution in [0.15, 0.2) is 24.3 Å². The van der Waals surface area contributed by atoms with E-state index in [-0.39, 0.29) is 18.9 Å². The Labute approximate surface area is 112 Å². The van der Waals surface area contributed by atoms with Gasteiger partial charge >= 0.3 is 0 Å². The number of aliphatic hydroxyl groups excluding tert-OH is 1. The van der Waals surface area contributed by atoms with Crippen LogP contribution in [-0.4, -0.2) is 24.2 Å². The van der Waals surface area contributed by atoms with E-state index >= 15 is 0 Å². The van der Waals surface area contributed by atoms with E-state index in [2.05, 4.69) is 5.32 Å². The molecular formula is C14H18N2O3. The summed E-state index contributed by atoms with van der Waals surface area (Å²) in [6.45, 7) is 2.15. The van der Waals surface area contributed by atoms with Crippen LogP contribution < -0.4 is 10.1 Å². The molecule has 1 amide bonds. The van der Waals surface area contributed by atoms with Gasteiger partial charge in [0.15, 0.2) is 6.61 Å². The zero-order chi connectivity index (χ0) is 14.1. The lowest BCUT2D eigenvalue weighted by atomic mass is 10.1. The molecular weight excluding hydrogens is 244 g/mol. The summed E-state index contributed by atoms with van der Waals surface area (Å²) >= 11 is 0. The molecule has 0 aliphatic rings. The molecule has 0 aliphatic heterocycles. The molecule has 1 aromatic carbocycles. The zero-order valence-corrected chi connectivity index (χ0v) is 10.9. The highest BCUT2D eigenvalue weighted by Crippen LogP contribution is 2.19. The van der Waals surface area contributed by atoms with Gasteiger partial charge in [-0.1, -0.05) is 19.1 Å². The van der Waals surface area contributed by atoms with Crippen molar-refractivity contribution in [2.24, 2.45) is 0 Å². The molecule has 0 radical (unpaired) electrons. The molecule has 1 aromatic rings. The summed E-state index contributed by atoms with van der Waals surface area (Å²) in [6, 6.07) is 8.93. The summed E-state index contributed by atoms with van der Waals surface area (Å²) in [5.74, 6) is 0.315. The Balaban J connectivity index is 2.37. The standard InChI is InChI=1S/C14H18N2O3/c1-2-13(17)11-4-6-12(7-5-11)19-10-14(18)16-9-3-8-15/h4-7,13,17H,2-3,9-10H2,1H3,(H,16,18). The molecule has 1 unspecified atom stereocenters. The Kier molecular flexibility index (Phi) is 6.41. The van der Waals surface area contributed by atoms with Gasteiger partial charge in [-0.25, -0.2) is 0 Å². The highest BCUT2D eigenvalue weighted by atomic mass is 16.5. The third kappa shape index (κ3) is 5.40. The molecule has 5 heteroatoms. The summed E-state index contributed by atoms with van der Waals surface area (Å²) < 4.78 is 5.29. The average molecular weight is 262 g/mol. The minimum absolute atomic E-state index is 0.0822. The van der Waals surface area contributed by atoms with Crippen molar-refractivity contribution in [2.45, 2.75) is 25.9 Å². The molecule has 102 valence electrons. The van der Waals surface area contributed by atoms with Crippen LogP contribution in [0.5, 0.6) is 5.75 Å². The smallest absolute Gasteiger partial charge is 0.257 e. The fraction of sp³-hybridized carbons (Fsp3) is 0.429. The van der Waals surface area contributed by atoms with Gasteiger partial charge in [-0.2, -0.15) is 5.26 Å². The number of rotatable bonds is 7. The molecule has 0 bridgehead atoms. The molecule has 0 aliphatic carbocycles. The molecule has 19 heavy (non-hydrogen) atoms. The lowest BCUT2D eigenvalue weighted by molar-refractivity contribution is -0.123. The second-order valence-corrected chi connectivity index (χ2v) is 4.04. The quantitative estimate of drug-likeness (QED) is 0.730. The van der Waals surface area contributed by atoms with Crippen LogP contribution in [0.25, 0.3) is 0 Å². The first kappa shape index (κ1) is 15.0. The number of carbonyl (C=O) groups excluding carboxylic acids is 1. The summed E-state index contributed by atoms with van der Waals surface area (Å²) in [5, 5.41) is 20.5. The van der Waals surface area contributed by atoms with E-state index < -0.39 is 6.10 Å². The fourth-order valence-electron chi connectivity index (χ4n) is 1.48. The second kappa shape index (κ2) is 8.11. The molecule has 1 atom stereocenters. The van der Waals surface area contributed by atoms with E-state index in [1.807, 2.05) is 13.0 Å². The Morgan fingerprint density at radius 2 is 2.16 bits per heavy atom. The maximum atomic E-state index is 11.3. The Morgan fingerprint density at radius 3 is 2.74 bits per heavy atom. The molecule has 0 saturated carbocycles. The van der Waals surface area contributed by atoms with Crippen molar-refractivity contribution in [3.05, 3.63) is 29.8 Å². The first-order chi connectivity index (χ1) is 9.17. The van der Waals surface area contributed by atoms with Gasteiger partial charge in [0.25, 0.3) is 5.91 Å². The second-order valence-electron chi connectivity index (χ2n) is 4.04. The van der Waals surface area contributed by atoms with E-state index in [9.17, 15) is 9.90 Å². The van der Waals surface area contributed by atoms with Gasteiger partial charge in [-0.15, -0.1) is 0 Å². The van der Waals surface area contributed by atoms with Gasteiger partial charge in [0.1, 0.15) is 5.75 Å². The molecule has 2 N–H and O–H groups in total. The summed E-state index contributed by atoms with van der Waals surface area (Å²) in [4.78, 5) is 11.3. The zero-order valence-electron chi connectivity index (χ0n) is 10.9. The maximum Gasteiger partial charge on any atom is 0.257 e. The molecule has 0 fully saturated rings. The predicted octanol–water partition coefficient (Wildman–Crippen LogP) is 1.54. The Bertz CT molecular complexity index is 437. The van der Waals surface area contributed by atoms with Crippen molar-refractivity contribution in [2.75, 3.05) is 13.2 Å². The largest absolute Gasteiger partial charge is 0.484 e. The van der Waals surface area contributed by atoms with Crippen molar-refractivity contribution < 1.29 is 14.6 Å². The highest BCUT2D eigenvalue weighted by molar-refractivity contribution is 5.77. The van der Waals surface area contributed by atoms with Gasteiger partial charge in [-0.05, 0) is 24.1 Å². The number of carbonyl (C=O) groups is 1. The number of aliphatic hydroxyl groups is 1. The lowest BCUT2D eigenvalue weighted by Crippen LogP contribution is -2.29. The van der Waals surface area contributed by atoms with Crippen LogP contribution in [0.4, 0.5) is 0 Å². The van der Waals surface area contributed by atoms with Gasteiger partial charge in [0, 0.05) is 6.54 Å². The topological polar surface area (TPSA) is 82.3 Å². The van der Waals surface area contributed by atoms with Crippen molar-refractivity contribution in [1.82, 2.24) is 5.32 Å². The number of nitrogens with one attached hydrogen (secondary N) is 1. The fourth-order valence-corrected chi connectivity index (χ4v) is 1.48. The van der Waals surface area contributed by atoms with Crippen LogP contribution in [-0.2, 0) is 4.79 Å². The Hall–Kier alpha value is -2.06. The third-order valence-corrected chi connectivity index (χ3v) is 2.58. The van der Waals surface area contributed by atoms with Crippen molar-refractivity contribution in [3.63, 3.8) is 0 Å². The van der Waals surface area contributed by atoms with E-state index in [0.29, 0.717) is 18.7 Å². The Morgan fingerprint density at radius 1 is 1.47 bits per heavy atom. The van der Waals surface area contributed by atoms with Crippen LogP contribution in [0.1, 0.15) is 31.4 Å². The molecule has 5 nitrogen and oxygen atoms in total. The summed E-state index contributed by atoms with van der Waals surface area (Å²) in [7, 11) is 0. The van der Waals surface area contributed by atoms with E-state index in [4.69, 9.17) is 10.00 Å². The number of benzene rings is 1. The van der Waals surface area contributed by atoms with E-state index in [1.54, 1.807) is 24.3 Å². The van der Waals surface area contributed by atoms with Gasteiger partial charge in [0.2, 0.25) is 0 Å². The number of ether oxygens (including phenoxy) is 1.